The minimum Gasteiger partial charge on any atom is -0.468 e. The number of hydrogen-bond acceptors (Lipinski definition) is 5. The van der Waals surface area contributed by atoms with Crippen molar-refractivity contribution in [1.82, 2.24) is 10.0 Å². The van der Waals surface area contributed by atoms with E-state index >= 15 is 0 Å². The molecule has 1 aromatic carbocycles. The predicted octanol–water partition coefficient (Wildman–Crippen LogP) is 3.15. The van der Waals surface area contributed by atoms with Crippen LogP contribution in [0.3, 0.4) is 0 Å². The number of benzene rings is 1. The molecule has 9 heteroatoms. The number of carbonyl (C=O) groups excluding carboxylic acids is 1. The van der Waals surface area contributed by atoms with E-state index in [1.165, 1.54) is 24.8 Å². The van der Waals surface area contributed by atoms with Crippen molar-refractivity contribution in [3.05, 3.63) is 48.4 Å². The molecule has 0 aliphatic heterocycles. The van der Waals surface area contributed by atoms with Gasteiger partial charge in [-0.05, 0) is 61.5 Å². The van der Waals surface area contributed by atoms with Gasteiger partial charge in [0.1, 0.15) is 5.76 Å². The maximum Gasteiger partial charge on any atom is 0.240 e. The minimum atomic E-state index is -3.66. The summed E-state index contributed by atoms with van der Waals surface area (Å²) in [7, 11) is -3.66. The zero-order chi connectivity index (χ0) is 20.0. The van der Waals surface area contributed by atoms with Gasteiger partial charge in [0.2, 0.25) is 15.9 Å². The van der Waals surface area contributed by atoms with E-state index in [-0.39, 0.29) is 28.4 Å². The third-order valence-electron chi connectivity index (χ3n) is 4.65. The molecule has 0 unspecified atom stereocenters. The maximum atomic E-state index is 12.3. The third-order valence-corrected chi connectivity index (χ3v) is 6.27. The number of sulfonamides is 1. The Kier molecular flexibility index (Phi) is 6.82. The van der Waals surface area contributed by atoms with Gasteiger partial charge in [0.25, 0.3) is 0 Å². The Balaban J connectivity index is 1.53. The molecule has 1 aliphatic rings. The lowest BCUT2D eigenvalue weighted by Crippen LogP contribution is -2.39. The predicted molar refractivity (Wildman–Crippen MR) is 110 cm³/mol. The van der Waals surface area contributed by atoms with E-state index in [0.29, 0.717) is 11.4 Å². The highest BCUT2D eigenvalue weighted by atomic mass is 32.2. The first kappa shape index (κ1) is 20.5. The van der Waals surface area contributed by atoms with Crippen molar-refractivity contribution in [3.63, 3.8) is 0 Å². The summed E-state index contributed by atoms with van der Waals surface area (Å²) in [5.74, 6) is 0.487. The average molecular weight is 422 g/mol. The van der Waals surface area contributed by atoms with Gasteiger partial charge in [-0.2, -0.15) is 0 Å². The van der Waals surface area contributed by atoms with Crippen LogP contribution in [-0.2, 0) is 21.4 Å². The first-order chi connectivity index (χ1) is 13.4. The van der Waals surface area contributed by atoms with E-state index in [0.717, 1.165) is 25.7 Å². The van der Waals surface area contributed by atoms with Gasteiger partial charge in [-0.1, -0.05) is 19.3 Å². The van der Waals surface area contributed by atoms with E-state index in [2.05, 4.69) is 15.4 Å². The molecule has 7 nitrogen and oxygen atoms in total. The zero-order valence-corrected chi connectivity index (χ0v) is 16.9. The standard InChI is InChI=1S/C19H23N3O4S2/c23-18(14-5-2-1-3-6-14)22-19(27)21-15-8-10-17(11-9-15)28(24,25)20-13-16-7-4-12-26-16/h4,7-12,14,20H,1-3,5-6,13H2,(H2,21,22,23,27). The fraction of sp³-hybridized carbons (Fsp3) is 0.368. The Morgan fingerprint density at radius 3 is 2.46 bits per heavy atom. The molecule has 0 spiro atoms. The van der Waals surface area contributed by atoms with Crippen molar-refractivity contribution < 1.29 is 17.6 Å². The van der Waals surface area contributed by atoms with Crippen LogP contribution < -0.4 is 15.4 Å². The smallest absolute Gasteiger partial charge is 0.240 e. The van der Waals surface area contributed by atoms with E-state index in [1.54, 1.807) is 24.3 Å². The molecule has 1 saturated carbocycles. The van der Waals surface area contributed by atoms with Crippen LogP contribution in [0.5, 0.6) is 0 Å². The molecule has 0 saturated heterocycles. The van der Waals surface area contributed by atoms with Gasteiger partial charge in [-0.25, -0.2) is 13.1 Å². The number of anilines is 1. The number of furan rings is 1. The SMILES string of the molecule is O=C(NC(=S)Nc1ccc(S(=O)(=O)NCc2ccco2)cc1)C1CCCCC1. The topological polar surface area (TPSA) is 100 Å². The Bertz CT molecular complexity index is 903. The molecule has 150 valence electrons. The molecule has 3 N–H and O–H groups in total. The molecule has 28 heavy (non-hydrogen) atoms. The lowest BCUT2D eigenvalue weighted by molar-refractivity contribution is -0.124. The summed E-state index contributed by atoms with van der Waals surface area (Å²) in [6, 6.07) is 9.52. The van der Waals surface area contributed by atoms with Gasteiger partial charge in [-0.15, -0.1) is 0 Å². The van der Waals surface area contributed by atoms with E-state index < -0.39 is 10.0 Å². The lowest BCUT2D eigenvalue weighted by Gasteiger charge is -2.21. The van der Waals surface area contributed by atoms with Crippen molar-refractivity contribution in [1.29, 1.82) is 0 Å². The fourth-order valence-electron chi connectivity index (χ4n) is 3.12. The Labute approximate surface area is 169 Å². The highest BCUT2D eigenvalue weighted by Crippen LogP contribution is 2.23. The number of thiocarbonyl (C=S) groups is 1. The van der Waals surface area contributed by atoms with E-state index in [4.69, 9.17) is 16.6 Å². The number of carbonyl (C=O) groups is 1. The first-order valence-corrected chi connectivity index (χ1v) is 11.1. The molecule has 1 aliphatic carbocycles. The quantitative estimate of drug-likeness (QED) is 0.620. The molecule has 1 aromatic heterocycles. The van der Waals surface area contributed by atoms with Gasteiger partial charge < -0.3 is 15.1 Å². The number of rotatable bonds is 6. The summed E-state index contributed by atoms with van der Waals surface area (Å²) in [6.45, 7) is 0.0760. The summed E-state index contributed by atoms with van der Waals surface area (Å²) >= 11 is 5.19. The van der Waals surface area contributed by atoms with Crippen LogP contribution in [-0.4, -0.2) is 19.4 Å². The molecule has 3 rings (SSSR count). The molecule has 2 aromatic rings. The Hall–Kier alpha value is -2.23. The van der Waals surface area contributed by atoms with E-state index in [9.17, 15) is 13.2 Å². The summed E-state index contributed by atoms with van der Waals surface area (Å²) in [5, 5.41) is 5.84. The largest absolute Gasteiger partial charge is 0.468 e. The lowest BCUT2D eigenvalue weighted by atomic mass is 9.89. The third kappa shape index (κ3) is 5.63. The number of nitrogens with one attached hydrogen (secondary N) is 3. The van der Waals surface area contributed by atoms with Gasteiger partial charge in [-0.3, -0.25) is 4.79 Å². The summed E-state index contributed by atoms with van der Waals surface area (Å²) < 4.78 is 32.2. The highest BCUT2D eigenvalue weighted by Gasteiger charge is 2.21. The monoisotopic (exact) mass is 421 g/mol. The molecule has 1 fully saturated rings. The van der Waals surface area contributed by atoms with Crippen LogP contribution in [0.15, 0.2) is 52.0 Å². The van der Waals surface area contributed by atoms with Gasteiger partial charge in [0.15, 0.2) is 5.11 Å². The van der Waals surface area contributed by atoms with Crippen molar-refractivity contribution in [2.75, 3.05) is 5.32 Å². The normalized spacial score (nSPS) is 15.1. The highest BCUT2D eigenvalue weighted by molar-refractivity contribution is 7.89. The van der Waals surface area contributed by atoms with Gasteiger partial charge in [0, 0.05) is 11.6 Å². The van der Waals surface area contributed by atoms with Crippen molar-refractivity contribution in [2.45, 2.75) is 43.5 Å². The first-order valence-electron chi connectivity index (χ1n) is 9.18. The maximum absolute atomic E-state index is 12.3. The van der Waals surface area contributed by atoms with Crippen LogP contribution in [0.25, 0.3) is 0 Å². The van der Waals surface area contributed by atoms with Crippen LogP contribution in [0.1, 0.15) is 37.9 Å². The molecule has 0 bridgehead atoms. The summed E-state index contributed by atoms with van der Waals surface area (Å²) in [5.41, 5.74) is 0.596. The van der Waals surface area contributed by atoms with Crippen LogP contribution in [0, 0.1) is 5.92 Å². The van der Waals surface area contributed by atoms with Crippen molar-refractivity contribution >= 4 is 38.9 Å². The zero-order valence-electron chi connectivity index (χ0n) is 15.3. The second-order valence-corrected chi connectivity index (χ2v) is 8.88. The molecular weight excluding hydrogens is 398 g/mol. The number of hydrogen-bond donors (Lipinski definition) is 3. The van der Waals surface area contributed by atoms with Crippen LogP contribution in [0.4, 0.5) is 5.69 Å². The summed E-state index contributed by atoms with van der Waals surface area (Å²) in [6.07, 6.45) is 6.60. The second-order valence-electron chi connectivity index (χ2n) is 6.71. The van der Waals surface area contributed by atoms with E-state index in [1.807, 2.05) is 0 Å². The van der Waals surface area contributed by atoms with Gasteiger partial charge in [0.05, 0.1) is 17.7 Å². The molecule has 0 atom stereocenters. The summed E-state index contributed by atoms with van der Waals surface area (Å²) in [4.78, 5) is 12.3. The molecule has 0 radical (unpaired) electrons. The molecule has 1 amide bonds. The van der Waals surface area contributed by atoms with Crippen LogP contribution in [0.2, 0.25) is 0 Å². The number of amides is 1. The Morgan fingerprint density at radius 2 is 1.82 bits per heavy atom. The second kappa shape index (κ2) is 9.31. The van der Waals surface area contributed by atoms with Crippen molar-refractivity contribution in [2.24, 2.45) is 5.92 Å². The van der Waals surface area contributed by atoms with Crippen LogP contribution >= 0.6 is 12.2 Å². The average Bonchev–Trinajstić information content (AvgIpc) is 3.21. The Morgan fingerprint density at radius 1 is 1.11 bits per heavy atom. The van der Waals surface area contributed by atoms with Gasteiger partial charge >= 0.3 is 0 Å². The fourth-order valence-corrected chi connectivity index (χ4v) is 4.33. The molecular formula is C19H23N3O4S2. The minimum absolute atomic E-state index is 0.0151. The molecule has 1 heterocycles. The van der Waals surface area contributed by atoms with Crippen molar-refractivity contribution in [3.8, 4) is 0 Å².